The molecule has 2 atom stereocenters. The molecule has 0 bridgehead atoms. The van der Waals surface area contributed by atoms with Crippen LogP contribution in [0, 0.1) is 5.92 Å². The zero-order chi connectivity index (χ0) is 11.0. The van der Waals surface area contributed by atoms with Gasteiger partial charge in [-0.25, -0.2) is 0 Å². The maximum atomic E-state index is 11.1. The van der Waals surface area contributed by atoms with Crippen molar-refractivity contribution in [3.63, 3.8) is 0 Å². The van der Waals surface area contributed by atoms with Crippen molar-refractivity contribution < 1.29 is 14.6 Å². The summed E-state index contributed by atoms with van der Waals surface area (Å²) in [6.07, 6.45) is 2.18. The molecule has 0 saturated heterocycles. The van der Waals surface area contributed by atoms with E-state index in [-0.39, 0.29) is 12.4 Å². The van der Waals surface area contributed by atoms with E-state index in [9.17, 15) is 9.90 Å². The number of carbonyl (C=O) groups is 1. The van der Waals surface area contributed by atoms with Crippen LogP contribution < -0.4 is 0 Å². The van der Waals surface area contributed by atoms with E-state index in [4.69, 9.17) is 4.74 Å². The van der Waals surface area contributed by atoms with E-state index in [0.29, 0.717) is 18.9 Å². The van der Waals surface area contributed by atoms with Crippen LogP contribution in [0.4, 0.5) is 0 Å². The van der Waals surface area contributed by atoms with Gasteiger partial charge in [-0.15, -0.1) is 0 Å². The molecule has 3 nitrogen and oxygen atoms in total. The molecule has 0 radical (unpaired) electrons. The van der Waals surface area contributed by atoms with E-state index in [1.165, 1.54) is 0 Å². The summed E-state index contributed by atoms with van der Waals surface area (Å²) in [4.78, 5) is 11.1. The number of ether oxygens (including phenoxy) is 1. The molecule has 0 rings (SSSR count). The van der Waals surface area contributed by atoms with Gasteiger partial charge in [0, 0.05) is 0 Å². The number of hydrogen-bond donors (Lipinski definition) is 1. The second kappa shape index (κ2) is 7.80. The zero-order valence-corrected chi connectivity index (χ0v) is 9.45. The highest BCUT2D eigenvalue weighted by Gasteiger charge is 2.10. The zero-order valence-electron chi connectivity index (χ0n) is 9.45. The van der Waals surface area contributed by atoms with E-state index in [2.05, 4.69) is 13.8 Å². The summed E-state index contributed by atoms with van der Waals surface area (Å²) in [6.45, 7) is 6.57. The van der Waals surface area contributed by atoms with Gasteiger partial charge >= 0.3 is 5.97 Å². The molecule has 0 spiro atoms. The molecular formula is C11H22O3. The molecule has 0 aliphatic carbocycles. The third kappa shape index (κ3) is 6.89. The Morgan fingerprint density at radius 2 is 2.00 bits per heavy atom. The van der Waals surface area contributed by atoms with Crippen LogP contribution in [0.3, 0.4) is 0 Å². The standard InChI is InChI=1S/C11H22O3/c1-4-9(3)6-7-14-11(13)8-10(12)5-2/h9-10,12H,4-8H2,1-3H3. The van der Waals surface area contributed by atoms with Gasteiger partial charge in [0.2, 0.25) is 0 Å². The highest BCUT2D eigenvalue weighted by molar-refractivity contribution is 5.69. The Morgan fingerprint density at radius 3 is 2.50 bits per heavy atom. The predicted molar refractivity (Wildman–Crippen MR) is 55.9 cm³/mol. The lowest BCUT2D eigenvalue weighted by atomic mass is 10.1. The van der Waals surface area contributed by atoms with Crippen LogP contribution in [0.2, 0.25) is 0 Å². The fourth-order valence-electron chi connectivity index (χ4n) is 0.974. The van der Waals surface area contributed by atoms with Gasteiger partial charge < -0.3 is 9.84 Å². The lowest BCUT2D eigenvalue weighted by Gasteiger charge is -2.10. The molecule has 14 heavy (non-hydrogen) atoms. The molecule has 3 heteroatoms. The molecule has 0 amide bonds. The summed E-state index contributed by atoms with van der Waals surface area (Å²) in [5.74, 6) is 0.307. The van der Waals surface area contributed by atoms with Crippen molar-refractivity contribution in [1.29, 1.82) is 0 Å². The van der Waals surface area contributed by atoms with E-state index < -0.39 is 6.10 Å². The number of aliphatic hydroxyl groups excluding tert-OH is 1. The van der Waals surface area contributed by atoms with E-state index in [1.54, 1.807) is 0 Å². The molecule has 0 fully saturated rings. The van der Waals surface area contributed by atoms with Crippen molar-refractivity contribution in [3.05, 3.63) is 0 Å². The van der Waals surface area contributed by atoms with Gasteiger partial charge in [0.25, 0.3) is 0 Å². The fourth-order valence-corrected chi connectivity index (χ4v) is 0.974. The average molecular weight is 202 g/mol. The highest BCUT2D eigenvalue weighted by Crippen LogP contribution is 2.07. The first kappa shape index (κ1) is 13.4. The highest BCUT2D eigenvalue weighted by atomic mass is 16.5. The molecule has 84 valence electrons. The van der Waals surface area contributed by atoms with E-state index in [0.717, 1.165) is 12.8 Å². The second-order valence-corrected chi connectivity index (χ2v) is 3.79. The first-order valence-corrected chi connectivity index (χ1v) is 5.43. The van der Waals surface area contributed by atoms with Gasteiger partial charge in [-0.2, -0.15) is 0 Å². The molecule has 0 aromatic rings. The number of aliphatic hydroxyl groups is 1. The maximum Gasteiger partial charge on any atom is 0.308 e. The van der Waals surface area contributed by atoms with Crippen LogP contribution >= 0.6 is 0 Å². The Labute approximate surface area is 86.5 Å². The quantitative estimate of drug-likeness (QED) is 0.643. The minimum atomic E-state index is -0.550. The summed E-state index contributed by atoms with van der Waals surface area (Å²) in [5.41, 5.74) is 0. The van der Waals surface area contributed by atoms with Gasteiger partial charge in [-0.3, -0.25) is 4.79 Å². The molecule has 0 aromatic carbocycles. The smallest absolute Gasteiger partial charge is 0.308 e. The Bertz CT molecular complexity index is 157. The minimum Gasteiger partial charge on any atom is -0.466 e. The second-order valence-electron chi connectivity index (χ2n) is 3.79. The van der Waals surface area contributed by atoms with Gasteiger partial charge in [-0.05, 0) is 18.8 Å². The Hall–Kier alpha value is -0.570. The first-order valence-electron chi connectivity index (χ1n) is 5.43. The molecule has 0 heterocycles. The van der Waals surface area contributed by atoms with Gasteiger partial charge in [0.1, 0.15) is 0 Å². The third-order valence-corrected chi connectivity index (χ3v) is 2.44. The third-order valence-electron chi connectivity index (χ3n) is 2.44. The molecule has 0 aliphatic rings. The van der Waals surface area contributed by atoms with E-state index in [1.807, 2.05) is 6.92 Å². The van der Waals surface area contributed by atoms with Crippen molar-refractivity contribution >= 4 is 5.97 Å². The molecule has 2 unspecified atom stereocenters. The van der Waals surface area contributed by atoms with Crippen LogP contribution in [0.1, 0.15) is 46.5 Å². The van der Waals surface area contributed by atoms with Crippen molar-refractivity contribution in [2.45, 2.75) is 52.6 Å². The Balaban J connectivity index is 3.44. The first-order chi connectivity index (χ1) is 6.60. The number of hydrogen-bond acceptors (Lipinski definition) is 3. The maximum absolute atomic E-state index is 11.1. The van der Waals surface area contributed by atoms with Crippen molar-refractivity contribution in [1.82, 2.24) is 0 Å². The average Bonchev–Trinajstić information content (AvgIpc) is 2.17. The van der Waals surface area contributed by atoms with Crippen molar-refractivity contribution in [2.75, 3.05) is 6.61 Å². The monoisotopic (exact) mass is 202 g/mol. The fraction of sp³-hybridized carbons (Fsp3) is 0.909. The number of esters is 1. The largest absolute Gasteiger partial charge is 0.466 e. The molecule has 1 N–H and O–H groups in total. The van der Waals surface area contributed by atoms with Gasteiger partial charge in [-0.1, -0.05) is 27.2 Å². The summed E-state index contributed by atoms with van der Waals surface area (Å²) >= 11 is 0. The van der Waals surface area contributed by atoms with Crippen LogP contribution in [-0.2, 0) is 9.53 Å². The lowest BCUT2D eigenvalue weighted by Crippen LogP contribution is -2.16. The number of carbonyl (C=O) groups excluding carboxylic acids is 1. The Morgan fingerprint density at radius 1 is 1.36 bits per heavy atom. The van der Waals surface area contributed by atoms with Gasteiger partial charge in [0.15, 0.2) is 0 Å². The topological polar surface area (TPSA) is 46.5 Å². The van der Waals surface area contributed by atoms with Crippen molar-refractivity contribution in [3.8, 4) is 0 Å². The summed E-state index contributed by atoms with van der Waals surface area (Å²) < 4.78 is 4.99. The normalized spacial score (nSPS) is 14.9. The van der Waals surface area contributed by atoms with Gasteiger partial charge in [0.05, 0.1) is 19.1 Å². The summed E-state index contributed by atoms with van der Waals surface area (Å²) in [5, 5.41) is 9.18. The van der Waals surface area contributed by atoms with Crippen molar-refractivity contribution in [2.24, 2.45) is 5.92 Å². The molecule has 0 aromatic heterocycles. The molecule has 0 aliphatic heterocycles. The van der Waals surface area contributed by atoms with E-state index >= 15 is 0 Å². The lowest BCUT2D eigenvalue weighted by molar-refractivity contribution is -0.146. The predicted octanol–water partition coefficient (Wildman–Crippen LogP) is 2.13. The van der Waals surface area contributed by atoms with Crippen LogP contribution in [-0.4, -0.2) is 23.8 Å². The van der Waals surface area contributed by atoms with Crippen LogP contribution in [0.25, 0.3) is 0 Å². The molecule has 0 saturated carbocycles. The summed E-state index contributed by atoms with van der Waals surface area (Å²) in [6, 6.07) is 0. The molecular weight excluding hydrogens is 180 g/mol. The Kier molecular flexibility index (Phi) is 7.48. The van der Waals surface area contributed by atoms with Crippen LogP contribution in [0.15, 0.2) is 0 Å². The number of rotatable bonds is 7. The SMILES string of the molecule is CCC(C)CCOC(=O)CC(O)CC. The summed E-state index contributed by atoms with van der Waals surface area (Å²) in [7, 11) is 0. The van der Waals surface area contributed by atoms with Crippen LogP contribution in [0.5, 0.6) is 0 Å². The minimum absolute atomic E-state index is 0.122.